The van der Waals surface area contributed by atoms with E-state index in [1.165, 1.54) is 0 Å². The van der Waals surface area contributed by atoms with Crippen LogP contribution in [0.15, 0.2) is 48.5 Å². The van der Waals surface area contributed by atoms with E-state index in [1.807, 2.05) is 36.4 Å². The Morgan fingerprint density at radius 2 is 1.84 bits per heavy atom. The minimum Gasteiger partial charge on any atom is -0.415 e. The molecule has 0 spiro atoms. The Hall–Kier alpha value is -1.91. The summed E-state index contributed by atoms with van der Waals surface area (Å²) in [7, 11) is 0. The molecule has 0 bridgehead atoms. The zero-order valence-electron chi connectivity index (χ0n) is 9.67. The second kappa shape index (κ2) is 4.99. The van der Waals surface area contributed by atoms with Crippen LogP contribution in [0, 0.1) is 0 Å². The molecule has 0 unspecified atom stereocenters. The number of rotatable bonds is 2. The van der Waals surface area contributed by atoms with E-state index in [2.05, 4.69) is 4.98 Å². The molecule has 0 aliphatic carbocycles. The van der Waals surface area contributed by atoms with E-state index in [4.69, 9.17) is 16.3 Å². The van der Waals surface area contributed by atoms with E-state index in [-0.39, 0.29) is 0 Å². The zero-order valence-corrected chi connectivity index (χ0v) is 11.2. The molecule has 3 rings (SSSR count). The maximum atomic E-state index is 10.6. The van der Waals surface area contributed by atoms with Crippen molar-refractivity contribution in [1.29, 1.82) is 0 Å². The van der Waals surface area contributed by atoms with Gasteiger partial charge in [0.1, 0.15) is 10.8 Å². The summed E-state index contributed by atoms with van der Waals surface area (Å²) >= 11 is 6.78. The zero-order chi connectivity index (χ0) is 13.2. The third kappa shape index (κ3) is 2.59. The number of ether oxygens (including phenoxy) is 1. The van der Waals surface area contributed by atoms with Crippen LogP contribution in [0.3, 0.4) is 0 Å². The lowest BCUT2D eigenvalue weighted by Gasteiger charge is -2.00. The summed E-state index contributed by atoms with van der Waals surface area (Å²) in [5.41, 5.74) is 1.13. The average molecular weight is 290 g/mol. The monoisotopic (exact) mass is 289 g/mol. The van der Waals surface area contributed by atoms with Gasteiger partial charge in [0.05, 0.1) is 10.2 Å². The Bertz CT molecular complexity index is 704. The molecule has 0 radical (unpaired) electrons. The van der Waals surface area contributed by atoms with Crippen molar-refractivity contribution < 1.29 is 9.53 Å². The molecule has 1 aromatic heterocycles. The summed E-state index contributed by atoms with van der Waals surface area (Å²) in [5, 5.41) is 0.935. The van der Waals surface area contributed by atoms with Crippen molar-refractivity contribution >= 4 is 38.6 Å². The first-order chi connectivity index (χ1) is 9.22. The molecule has 1 heterocycles. The third-order valence-corrected chi connectivity index (χ3v) is 3.76. The highest BCUT2D eigenvalue weighted by Gasteiger charge is 2.06. The summed E-state index contributed by atoms with van der Waals surface area (Å²) in [4.78, 5) is 15.2. The van der Waals surface area contributed by atoms with Crippen LogP contribution < -0.4 is 4.74 Å². The number of para-hydroxylation sites is 1. The van der Waals surface area contributed by atoms with Gasteiger partial charge in [-0.15, -0.1) is 11.3 Å². The molecule has 0 atom stereocenters. The van der Waals surface area contributed by atoms with Crippen molar-refractivity contribution in [2.45, 2.75) is 0 Å². The molecule has 2 aromatic carbocycles. The molecule has 0 amide bonds. The number of aromatic nitrogens is 1. The first kappa shape index (κ1) is 12.1. The van der Waals surface area contributed by atoms with Gasteiger partial charge < -0.3 is 4.74 Å². The minimum absolute atomic E-state index is 0.421. The van der Waals surface area contributed by atoms with Crippen molar-refractivity contribution in [2.24, 2.45) is 0 Å². The van der Waals surface area contributed by atoms with Gasteiger partial charge in [0.25, 0.3) is 0 Å². The summed E-state index contributed by atoms with van der Waals surface area (Å²) in [6.07, 6.45) is 0. The van der Waals surface area contributed by atoms with E-state index in [0.29, 0.717) is 5.75 Å². The van der Waals surface area contributed by atoms with Crippen LogP contribution in [0.4, 0.5) is 4.79 Å². The number of carbonyl (C=O) groups excluding carboxylic acids is 1. The van der Waals surface area contributed by atoms with Gasteiger partial charge in [0.2, 0.25) is 0 Å². The summed E-state index contributed by atoms with van der Waals surface area (Å²) in [6.45, 7) is 0. The highest BCUT2D eigenvalue weighted by Crippen LogP contribution is 2.30. The largest absolute Gasteiger partial charge is 0.415 e. The molecule has 94 valence electrons. The molecule has 19 heavy (non-hydrogen) atoms. The van der Waals surface area contributed by atoms with Gasteiger partial charge >= 0.3 is 5.43 Å². The molecular weight excluding hydrogens is 282 g/mol. The van der Waals surface area contributed by atoms with E-state index >= 15 is 0 Å². The lowest BCUT2D eigenvalue weighted by Crippen LogP contribution is -1.95. The first-order valence-electron chi connectivity index (χ1n) is 5.56. The Kier molecular flexibility index (Phi) is 3.19. The van der Waals surface area contributed by atoms with Gasteiger partial charge in [-0.2, -0.15) is 0 Å². The van der Waals surface area contributed by atoms with Gasteiger partial charge in [0, 0.05) is 17.2 Å². The Morgan fingerprint density at radius 1 is 1.11 bits per heavy atom. The highest BCUT2D eigenvalue weighted by atomic mass is 35.5. The van der Waals surface area contributed by atoms with Crippen LogP contribution in [-0.2, 0) is 0 Å². The van der Waals surface area contributed by atoms with Gasteiger partial charge in [-0.25, -0.2) is 9.78 Å². The number of nitrogens with zero attached hydrogens (tertiary/aromatic N) is 1. The number of thiazole rings is 1. The van der Waals surface area contributed by atoms with Crippen LogP contribution >= 0.6 is 22.9 Å². The van der Waals surface area contributed by atoms with Crippen LogP contribution in [0.25, 0.3) is 20.8 Å². The molecular formula is C14H8ClNO2S. The van der Waals surface area contributed by atoms with Gasteiger partial charge in [-0.3, -0.25) is 0 Å². The summed E-state index contributed by atoms with van der Waals surface area (Å²) in [5.74, 6) is 0.421. The second-order valence-corrected chi connectivity index (χ2v) is 5.19. The van der Waals surface area contributed by atoms with Gasteiger partial charge in [-0.1, -0.05) is 12.1 Å². The normalized spacial score (nSPS) is 10.6. The minimum atomic E-state index is -0.840. The van der Waals surface area contributed by atoms with Crippen molar-refractivity contribution in [1.82, 2.24) is 4.98 Å². The highest BCUT2D eigenvalue weighted by molar-refractivity contribution is 7.21. The standard InChI is InChI=1S/C14H8ClNO2S/c15-14(17)18-10-7-5-9(6-8-10)13-16-11-3-1-2-4-12(11)19-13/h1-8H. The van der Waals surface area contributed by atoms with Crippen LogP contribution in [0.2, 0.25) is 0 Å². The number of benzene rings is 2. The van der Waals surface area contributed by atoms with E-state index < -0.39 is 5.43 Å². The number of fused-ring (bicyclic) bond motifs is 1. The average Bonchev–Trinajstić information content (AvgIpc) is 2.82. The summed E-state index contributed by atoms with van der Waals surface area (Å²) in [6, 6.07) is 15.1. The van der Waals surface area contributed by atoms with Crippen molar-refractivity contribution in [3.63, 3.8) is 0 Å². The lowest BCUT2D eigenvalue weighted by atomic mass is 10.2. The molecule has 3 aromatic rings. The number of hydrogen-bond acceptors (Lipinski definition) is 4. The van der Waals surface area contributed by atoms with E-state index in [9.17, 15) is 4.79 Å². The van der Waals surface area contributed by atoms with Gasteiger partial charge in [0.15, 0.2) is 0 Å². The second-order valence-electron chi connectivity index (χ2n) is 3.85. The van der Waals surface area contributed by atoms with Crippen molar-refractivity contribution in [2.75, 3.05) is 0 Å². The molecule has 0 saturated carbocycles. The fourth-order valence-electron chi connectivity index (χ4n) is 1.75. The Labute approximate surface area is 118 Å². The molecule has 0 saturated heterocycles. The molecule has 0 aliphatic rings. The first-order valence-corrected chi connectivity index (χ1v) is 6.75. The number of hydrogen-bond donors (Lipinski definition) is 0. The Balaban J connectivity index is 1.95. The fraction of sp³-hybridized carbons (Fsp3) is 0. The fourth-order valence-corrected chi connectivity index (χ4v) is 2.81. The molecule has 0 N–H and O–H groups in total. The number of halogens is 1. The van der Waals surface area contributed by atoms with Crippen LogP contribution in [0.1, 0.15) is 0 Å². The van der Waals surface area contributed by atoms with Crippen molar-refractivity contribution in [3.05, 3.63) is 48.5 Å². The van der Waals surface area contributed by atoms with E-state index in [1.54, 1.807) is 23.5 Å². The van der Waals surface area contributed by atoms with Gasteiger partial charge in [-0.05, 0) is 36.4 Å². The smallest absolute Gasteiger partial charge is 0.409 e. The quantitative estimate of drug-likeness (QED) is 0.642. The molecule has 3 nitrogen and oxygen atoms in total. The maximum Gasteiger partial charge on any atom is 0.409 e. The topological polar surface area (TPSA) is 39.2 Å². The predicted octanol–water partition coefficient (Wildman–Crippen LogP) is 4.70. The molecule has 0 aliphatic heterocycles. The molecule has 5 heteroatoms. The van der Waals surface area contributed by atoms with E-state index in [0.717, 1.165) is 20.8 Å². The lowest BCUT2D eigenvalue weighted by molar-refractivity contribution is 0.225. The Morgan fingerprint density at radius 3 is 2.53 bits per heavy atom. The van der Waals surface area contributed by atoms with Crippen LogP contribution in [0.5, 0.6) is 5.75 Å². The van der Waals surface area contributed by atoms with Crippen LogP contribution in [-0.4, -0.2) is 10.4 Å². The molecule has 0 fully saturated rings. The third-order valence-electron chi connectivity index (χ3n) is 2.59. The summed E-state index contributed by atoms with van der Waals surface area (Å²) < 4.78 is 5.92. The SMILES string of the molecule is O=C(Cl)Oc1ccc(-c2nc3ccccc3s2)cc1. The predicted molar refractivity (Wildman–Crippen MR) is 76.9 cm³/mol. The van der Waals surface area contributed by atoms with Crippen molar-refractivity contribution in [3.8, 4) is 16.3 Å². The number of carbonyl (C=O) groups is 1. The maximum absolute atomic E-state index is 10.6.